The number of aliphatic hydroxyl groups is 1. The van der Waals surface area contributed by atoms with Crippen LogP contribution in [0.1, 0.15) is 20.8 Å². The van der Waals surface area contributed by atoms with Gasteiger partial charge in [-0.2, -0.15) is 5.26 Å². The number of nitrogens with zero attached hydrogens (tertiary/aromatic N) is 1. The lowest BCUT2D eigenvalue weighted by Gasteiger charge is -1.56. The largest absolute Gasteiger partial charge is 0.400 e. The molecule has 0 rings (SSSR count). The summed E-state index contributed by atoms with van der Waals surface area (Å²) in [7, 11) is 1.00. The molecule has 3 nitrogen and oxygen atoms in total. The van der Waals surface area contributed by atoms with Crippen molar-refractivity contribution in [3.8, 4) is 6.07 Å². The van der Waals surface area contributed by atoms with Gasteiger partial charge in [0.2, 0.25) is 0 Å². The topological polar surface area (TPSA) is 61.1 Å². The molecule has 9 heavy (non-hydrogen) atoms. The highest BCUT2D eigenvalue weighted by molar-refractivity contribution is 5.72. The number of hydrogen-bond donors (Lipinski definition) is 1. The van der Waals surface area contributed by atoms with Crippen LogP contribution >= 0.6 is 0 Å². The first-order valence-electron chi connectivity index (χ1n) is 2.37. The van der Waals surface area contributed by atoms with Crippen molar-refractivity contribution in [1.82, 2.24) is 0 Å². The van der Waals surface area contributed by atoms with E-state index in [0.29, 0.717) is 0 Å². The maximum atomic E-state index is 9.44. The number of Topliss-reactive ketones (excluding diaryl/α,β-unsaturated/α-hetero) is 1. The molecule has 0 saturated carbocycles. The lowest BCUT2D eigenvalue weighted by atomic mass is 10.6. The molecule has 0 aromatic carbocycles. The molecule has 54 valence electrons. The molecule has 0 spiro atoms. The number of aliphatic hydroxyl groups excluding tert-OH is 1. The van der Waals surface area contributed by atoms with Crippen molar-refractivity contribution in [2.45, 2.75) is 20.8 Å². The fourth-order valence-electron chi connectivity index (χ4n) is 0. The van der Waals surface area contributed by atoms with Crippen LogP contribution < -0.4 is 0 Å². The Balaban J connectivity index is -0.0000000646. The van der Waals surface area contributed by atoms with Crippen LogP contribution in [0.25, 0.3) is 0 Å². The average molecular weight is 131 g/mol. The molecule has 0 atom stereocenters. The van der Waals surface area contributed by atoms with Gasteiger partial charge in [-0.3, -0.25) is 0 Å². The summed E-state index contributed by atoms with van der Waals surface area (Å²) in [6.45, 7) is 4.49. The number of carbonyl (C=O) groups excluding carboxylic acids is 1. The molecule has 0 amide bonds. The minimum Gasteiger partial charge on any atom is -0.400 e. The Bertz CT molecular complexity index is 79.5. The minimum absolute atomic E-state index is 0.167. The molecule has 0 fully saturated rings. The van der Waals surface area contributed by atoms with E-state index in [1.165, 1.54) is 20.8 Å². The lowest BCUT2D eigenvalue weighted by Crippen LogP contribution is -1.69. The van der Waals surface area contributed by atoms with E-state index in [9.17, 15) is 4.79 Å². The van der Waals surface area contributed by atoms with Gasteiger partial charge in [0.25, 0.3) is 0 Å². The maximum absolute atomic E-state index is 9.44. The minimum atomic E-state index is 0.167. The summed E-state index contributed by atoms with van der Waals surface area (Å²) in [5, 5.41) is 14.3. The van der Waals surface area contributed by atoms with E-state index in [0.717, 1.165) is 7.11 Å². The maximum Gasteiger partial charge on any atom is 0.126 e. The fraction of sp³-hybridized carbons (Fsp3) is 0.667. The number of ketones is 1. The first-order valence-corrected chi connectivity index (χ1v) is 2.37. The quantitative estimate of drug-likeness (QED) is 0.527. The number of carbonyl (C=O) groups is 1. The molecule has 0 saturated heterocycles. The van der Waals surface area contributed by atoms with Gasteiger partial charge in [0.15, 0.2) is 0 Å². The Kier molecular flexibility index (Phi) is 47.8. The fourth-order valence-corrected chi connectivity index (χ4v) is 0. The Hall–Kier alpha value is -0.880. The van der Waals surface area contributed by atoms with Crippen molar-refractivity contribution in [3.05, 3.63) is 0 Å². The summed E-state index contributed by atoms with van der Waals surface area (Å²) < 4.78 is 0. The predicted molar refractivity (Wildman–Crippen MR) is 35.8 cm³/mol. The smallest absolute Gasteiger partial charge is 0.126 e. The second-order valence-electron chi connectivity index (χ2n) is 1.13. The Morgan fingerprint density at radius 1 is 1.44 bits per heavy atom. The van der Waals surface area contributed by atoms with E-state index in [1.54, 1.807) is 6.07 Å². The van der Waals surface area contributed by atoms with Gasteiger partial charge in [-0.25, -0.2) is 0 Å². The van der Waals surface area contributed by atoms with Crippen molar-refractivity contribution in [3.63, 3.8) is 0 Å². The summed E-state index contributed by atoms with van der Waals surface area (Å²) in [6.07, 6.45) is 0. The van der Waals surface area contributed by atoms with Gasteiger partial charge >= 0.3 is 0 Å². The van der Waals surface area contributed by atoms with E-state index < -0.39 is 0 Å². The molecule has 1 N–H and O–H groups in total. The molecule has 0 bridgehead atoms. The van der Waals surface area contributed by atoms with E-state index >= 15 is 0 Å². The Labute approximate surface area is 55.9 Å². The van der Waals surface area contributed by atoms with Crippen molar-refractivity contribution in [2.24, 2.45) is 0 Å². The van der Waals surface area contributed by atoms with E-state index in [1.807, 2.05) is 0 Å². The Morgan fingerprint density at radius 2 is 1.44 bits per heavy atom. The zero-order valence-corrected chi connectivity index (χ0v) is 6.30. The van der Waals surface area contributed by atoms with Gasteiger partial charge in [-0.1, -0.05) is 0 Å². The molecule has 0 unspecified atom stereocenters. The van der Waals surface area contributed by atoms with E-state index in [-0.39, 0.29) is 5.78 Å². The van der Waals surface area contributed by atoms with Crippen LogP contribution in [0.4, 0.5) is 0 Å². The third-order valence-corrected chi connectivity index (χ3v) is 0. The molecule has 0 heterocycles. The molecule has 0 aromatic rings. The van der Waals surface area contributed by atoms with Crippen LogP contribution in [0, 0.1) is 11.3 Å². The Morgan fingerprint density at radius 3 is 1.44 bits per heavy atom. The summed E-state index contributed by atoms with van der Waals surface area (Å²) in [5.41, 5.74) is 0. The van der Waals surface area contributed by atoms with Gasteiger partial charge in [-0.15, -0.1) is 0 Å². The normalized spacial score (nSPS) is 4.44. The zero-order chi connectivity index (χ0) is 8.28. The van der Waals surface area contributed by atoms with E-state index in [4.69, 9.17) is 10.4 Å². The molecule has 0 aliphatic carbocycles. The molecule has 3 heteroatoms. The summed E-state index contributed by atoms with van der Waals surface area (Å²) in [5.74, 6) is 0.167. The molecule has 0 aliphatic heterocycles. The van der Waals surface area contributed by atoms with Gasteiger partial charge in [-0.05, 0) is 13.8 Å². The SMILES string of the molecule is CC#N.CC(C)=O.CO. The second-order valence-corrected chi connectivity index (χ2v) is 1.13. The van der Waals surface area contributed by atoms with Gasteiger partial charge in [0, 0.05) is 14.0 Å². The summed E-state index contributed by atoms with van der Waals surface area (Å²) in [6, 6.07) is 1.75. The van der Waals surface area contributed by atoms with Gasteiger partial charge in [0.05, 0.1) is 6.07 Å². The predicted octanol–water partition coefficient (Wildman–Crippen LogP) is 0.734. The highest BCUT2D eigenvalue weighted by atomic mass is 16.2. The van der Waals surface area contributed by atoms with Crippen molar-refractivity contribution >= 4 is 5.78 Å². The highest BCUT2D eigenvalue weighted by Gasteiger charge is 1.62. The third kappa shape index (κ3) is 241. The number of hydrogen-bond acceptors (Lipinski definition) is 3. The van der Waals surface area contributed by atoms with Gasteiger partial charge < -0.3 is 9.90 Å². The van der Waals surface area contributed by atoms with Crippen LogP contribution in [0.5, 0.6) is 0 Å². The number of nitriles is 1. The molecular formula is C6H13NO2. The zero-order valence-electron chi connectivity index (χ0n) is 6.30. The molecule has 0 radical (unpaired) electrons. The average Bonchev–Trinajstić information content (AvgIpc) is 1.71. The summed E-state index contributed by atoms with van der Waals surface area (Å²) in [4.78, 5) is 9.44. The van der Waals surface area contributed by atoms with Crippen LogP contribution in [-0.4, -0.2) is 18.0 Å². The monoisotopic (exact) mass is 131 g/mol. The highest BCUT2D eigenvalue weighted by Crippen LogP contribution is 1.50. The summed E-state index contributed by atoms with van der Waals surface area (Å²) >= 11 is 0. The van der Waals surface area contributed by atoms with Crippen LogP contribution in [-0.2, 0) is 4.79 Å². The van der Waals surface area contributed by atoms with Crippen molar-refractivity contribution < 1.29 is 9.90 Å². The second kappa shape index (κ2) is 27.4. The first kappa shape index (κ1) is 15.7. The molecule has 0 aromatic heterocycles. The first-order chi connectivity index (χ1) is 4.15. The van der Waals surface area contributed by atoms with Crippen LogP contribution in [0.2, 0.25) is 0 Å². The lowest BCUT2D eigenvalue weighted by molar-refractivity contribution is -0.114. The van der Waals surface area contributed by atoms with Crippen molar-refractivity contribution in [2.75, 3.05) is 7.11 Å². The number of rotatable bonds is 0. The molecule has 0 aliphatic rings. The third-order valence-electron chi connectivity index (χ3n) is 0. The van der Waals surface area contributed by atoms with Crippen LogP contribution in [0.3, 0.4) is 0 Å². The van der Waals surface area contributed by atoms with Crippen LogP contribution in [0.15, 0.2) is 0 Å². The van der Waals surface area contributed by atoms with Gasteiger partial charge in [0.1, 0.15) is 5.78 Å². The standard InChI is InChI=1S/C3H6O.C2H3N.CH4O/c1-3(2)4;1-2-3;1-2/h1-2H3;1H3;2H,1H3. The molecular weight excluding hydrogens is 118 g/mol. The van der Waals surface area contributed by atoms with E-state index in [2.05, 4.69) is 0 Å². The van der Waals surface area contributed by atoms with Crippen molar-refractivity contribution in [1.29, 1.82) is 5.26 Å².